The quantitative estimate of drug-likeness (QED) is 0.0342. The van der Waals surface area contributed by atoms with E-state index in [-0.39, 0.29) is 29.1 Å². The van der Waals surface area contributed by atoms with Gasteiger partial charge in [-0.05, 0) is 92.1 Å². The number of hydrogen-bond donors (Lipinski definition) is 1. The van der Waals surface area contributed by atoms with Crippen molar-refractivity contribution in [2.45, 2.75) is 86.8 Å². The van der Waals surface area contributed by atoms with Gasteiger partial charge in [0.25, 0.3) is 21.9 Å². The Labute approximate surface area is 402 Å². The molecule has 0 aliphatic carbocycles. The Kier molecular flexibility index (Phi) is 14.9. The number of hydrogen-bond acceptors (Lipinski definition) is 10. The molecule has 1 N–H and O–H groups in total. The molecule has 3 heterocycles. The van der Waals surface area contributed by atoms with Crippen LogP contribution in [0.4, 0.5) is 11.4 Å². The molecule has 1 saturated heterocycles. The molecule has 0 atom stereocenters. The van der Waals surface area contributed by atoms with Gasteiger partial charge in [-0.25, -0.2) is 13.2 Å². The van der Waals surface area contributed by atoms with Gasteiger partial charge in [-0.15, -0.1) is 5.06 Å². The zero-order valence-corrected chi connectivity index (χ0v) is 43.0. The number of carbonyl (C=O) groups excluding carboxylic acids is 3. The minimum atomic E-state index is -4.47. The largest absolute Gasteiger partial charge is 0.457 e. The van der Waals surface area contributed by atoms with E-state index in [1.165, 1.54) is 12.3 Å². The van der Waals surface area contributed by atoms with Crippen molar-refractivity contribution in [2.75, 3.05) is 79.6 Å². The molecule has 366 valence electrons. The first kappa shape index (κ1) is 51.9. The second-order valence-corrected chi connectivity index (χ2v) is 24.5. The first-order chi connectivity index (χ1) is 31.5. The number of fused-ring (bicyclic) bond motifs is 2. The van der Waals surface area contributed by atoms with E-state index < -0.39 is 48.6 Å². The van der Waals surface area contributed by atoms with E-state index in [1.807, 2.05) is 56.4 Å². The molecule has 0 bridgehead atoms. The number of aryl methyl sites for hydroxylation is 1. The van der Waals surface area contributed by atoms with Gasteiger partial charge in [-0.1, -0.05) is 26.0 Å². The molecule has 17 heteroatoms. The molecule has 15 nitrogen and oxygen atoms in total. The van der Waals surface area contributed by atoms with Gasteiger partial charge in [0, 0.05) is 66.6 Å². The Morgan fingerprint density at radius 1 is 0.809 bits per heavy atom. The molecule has 3 aromatic rings. The van der Waals surface area contributed by atoms with Crippen LogP contribution in [0.25, 0.3) is 0 Å². The van der Waals surface area contributed by atoms with E-state index in [4.69, 9.17) is 9.57 Å². The van der Waals surface area contributed by atoms with Gasteiger partial charge in [0.1, 0.15) is 11.5 Å². The van der Waals surface area contributed by atoms with Crippen molar-refractivity contribution >= 4 is 54.8 Å². The fraction of sp³-hybridized carbons (Fsp3) is 0.451. The summed E-state index contributed by atoms with van der Waals surface area (Å²) in [5.41, 5.74) is 4.79. The highest BCUT2D eigenvalue weighted by Crippen LogP contribution is 2.49. The molecule has 3 aromatic carbocycles. The molecular formula is C51H68N5O10S2+3. The molecule has 3 aliphatic rings. The van der Waals surface area contributed by atoms with Crippen LogP contribution >= 0.6 is 0 Å². The van der Waals surface area contributed by atoms with E-state index in [0.717, 1.165) is 74.4 Å². The van der Waals surface area contributed by atoms with Gasteiger partial charge in [0.05, 0.1) is 83.4 Å². The number of imide groups is 1. The van der Waals surface area contributed by atoms with Crippen LogP contribution in [0.15, 0.2) is 106 Å². The fourth-order valence-corrected chi connectivity index (χ4v) is 10.1. The molecule has 0 spiro atoms. The van der Waals surface area contributed by atoms with E-state index in [2.05, 4.69) is 65.6 Å². The van der Waals surface area contributed by atoms with Crippen LogP contribution in [0.1, 0.15) is 76.5 Å². The third kappa shape index (κ3) is 12.2. The zero-order valence-electron chi connectivity index (χ0n) is 41.3. The lowest BCUT2D eigenvalue weighted by molar-refractivity contribution is -0.871. The van der Waals surface area contributed by atoms with E-state index in [9.17, 15) is 35.8 Å². The normalized spacial score (nSPS) is 18.0. The number of allylic oxidation sites excluding steroid dienone is 5. The number of anilines is 1. The lowest BCUT2D eigenvalue weighted by Gasteiger charge is -2.29. The average Bonchev–Trinajstić information content (AvgIpc) is 3.74. The van der Waals surface area contributed by atoms with E-state index in [0.29, 0.717) is 36.1 Å². The number of nitrogens with zero attached hydrogens (tertiary/aromatic N) is 5. The van der Waals surface area contributed by atoms with Crippen LogP contribution in [-0.2, 0) is 56.4 Å². The fourth-order valence-electron chi connectivity index (χ4n) is 8.95. The van der Waals surface area contributed by atoms with Gasteiger partial charge in [-0.3, -0.25) is 14.1 Å². The second kappa shape index (κ2) is 19.5. The van der Waals surface area contributed by atoms with Crippen molar-refractivity contribution in [1.82, 2.24) is 5.06 Å². The Morgan fingerprint density at radius 3 is 2.01 bits per heavy atom. The van der Waals surface area contributed by atoms with Gasteiger partial charge in [0.15, 0.2) is 22.1 Å². The third-order valence-electron chi connectivity index (χ3n) is 12.7. The average molecular weight is 975 g/mol. The van der Waals surface area contributed by atoms with Crippen molar-refractivity contribution in [1.29, 1.82) is 0 Å². The van der Waals surface area contributed by atoms with Crippen molar-refractivity contribution in [3.63, 3.8) is 0 Å². The predicted octanol–water partition coefficient (Wildman–Crippen LogP) is 6.65. The van der Waals surface area contributed by atoms with Gasteiger partial charge in [0.2, 0.25) is 5.69 Å². The first-order valence-electron chi connectivity index (χ1n) is 22.9. The Balaban J connectivity index is 1.41. The van der Waals surface area contributed by atoms with Crippen molar-refractivity contribution in [3.8, 4) is 5.75 Å². The van der Waals surface area contributed by atoms with Crippen molar-refractivity contribution in [2.24, 2.45) is 0 Å². The molecule has 0 saturated carbocycles. The molecule has 2 amide bonds. The molecule has 0 radical (unpaired) electrons. The smallest absolute Gasteiger partial charge is 0.333 e. The minimum absolute atomic E-state index is 0.0147. The molecule has 6 rings (SSSR count). The number of hydroxylamine groups is 2. The number of rotatable bonds is 19. The molecular weight excluding hydrogens is 907 g/mol. The summed E-state index contributed by atoms with van der Waals surface area (Å²) in [4.78, 5) is 43.8. The number of carbonyl (C=O) groups is 3. The van der Waals surface area contributed by atoms with Gasteiger partial charge >= 0.3 is 5.97 Å². The SMILES string of the molecule is CC1(C)C(=CC=C(C=CC2=[N+](CCC[N+](C)(C)C)c3ccc(S(C)(=O)=O)cc3C2(C)C)Oc2ccc(CCC(=O)ON3C(=O)CCC3=O)cc2)N(CCC[N+](C)(C)C)c2ccc(S(=O)(=O)O)cc21. The summed E-state index contributed by atoms with van der Waals surface area (Å²) >= 11 is 0. The number of benzene rings is 3. The minimum Gasteiger partial charge on any atom is -0.457 e. The van der Waals surface area contributed by atoms with Gasteiger partial charge in [-0.2, -0.15) is 13.0 Å². The lowest BCUT2D eigenvalue weighted by atomic mass is 9.81. The van der Waals surface area contributed by atoms with Gasteiger partial charge < -0.3 is 23.4 Å². The summed E-state index contributed by atoms with van der Waals surface area (Å²) in [5, 5.41) is 0.545. The maximum Gasteiger partial charge on any atom is 0.333 e. The van der Waals surface area contributed by atoms with Crippen LogP contribution in [0.5, 0.6) is 5.75 Å². The maximum absolute atomic E-state index is 12.8. The lowest BCUT2D eigenvalue weighted by Crippen LogP contribution is -2.37. The predicted molar refractivity (Wildman–Crippen MR) is 262 cm³/mol. The summed E-state index contributed by atoms with van der Waals surface area (Å²) < 4.78 is 70.8. The summed E-state index contributed by atoms with van der Waals surface area (Å²) in [6, 6.07) is 17.3. The monoisotopic (exact) mass is 974 g/mol. The van der Waals surface area contributed by atoms with E-state index >= 15 is 0 Å². The van der Waals surface area contributed by atoms with Crippen LogP contribution in [0, 0.1) is 0 Å². The zero-order chi connectivity index (χ0) is 50.2. The number of sulfone groups is 1. The van der Waals surface area contributed by atoms with Crippen molar-refractivity contribution in [3.05, 3.63) is 113 Å². The topological polar surface area (TPSA) is 168 Å². The molecule has 3 aliphatic heterocycles. The van der Waals surface area contributed by atoms with Crippen molar-refractivity contribution < 1.29 is 58.9 Å². The number of amides is 2. The number of ether oxygens (including phenoxy) is 1. The summed E-state index contributed by atoms with van der Waals surface area (Å²) in [6.45, 7) is 11.4. The van der Waals surface area contributed by atoms with Crippen LogP contribution in [0.3, 0.4) is 0 Å². The second-order valence-electron chi connectivity index (χ2n) is 21.0. The molecule has 1 fully saturated rings. The highest BCUT2D eigenvalue weighted by Gasteiger charge is 2.45. The number of quaternary nitrogens is 2. The third-order valence-corrected chi connectivity index (χ3v) is 14.6. The van der Waals surface area contributed by atoms with E-state index in [1.54, 1.807) is 36.4 Å². The first-order valence-corrected chi connectivity index (χ1v) is 26.2. The Morgan fingerprint density at radius 2 is 1.41 bits per heavy atom. The Bertz CT molecular complexity index is 2810. The van der Waals surface area contributed by atoms with Crippen LogP contribution < -0.4 is 9.64 Å². The van der Waals surface area contributed by atoms with Crippen LogP contribution in [0.2, 0.25) is 0 Å². The standard InChI is InChI=1S/C51H67N5O10S2/c1-50(2)41-34-39(67(11,60)61)21-23-43(41)52(30-12-32-55(5,6)7)45(50)25-19-38(65-37-17-14-36(15-18-37)16-29-49(59)66-54-47(57)27-28-48(54)58)20-26-46-51(3,4)42-35-40(68(62,63)64)22-24-44(42)53(46)31-13-33-56(8,9)10/h14-15,17-26,34-35H,12-13,16,27-33H2,1-11H3/q+2/p+1. The maximum atomic E-state index is 12.8. The molecule has 0 aromatic heterocycles. The summed E-state index contributed by atoms with van der Waals surface area (Å²) in [7, 11) is 4.91. The highest BCUT2D eigenvalue weighted by molar-refractivity contribution is 7.90. The molecule has 0 unspecified atom stereocenters. The summed E-state index contributed by atoms with van der Waals surface area (Å²) in [5.74, 6) is -0.795. The highest BCUT2D eigenvalue weighted by atomic mass is 32.2. The molecule has 68 heavy (non-hydrogen) atoms. The van der Waals surface area contributed by atoms with Crippen LogP contribution in [-0.4, -0.2) is 138 Å². The summed E-state index contributed by atoms with van der Waals surface area (Å²) in [6.07, 6.45) is 11.0. The Hall–Kier alpha value is -5.46.